The van der Waals surface area contributed by atoms with E-state index in [1.54, 1.807) is 27.7 Å². The molecule has 0 unspecified atom stereocenters. The molecular formula is C21H36N8O7. The van der Waals surface area contributed by atoms with Crippen LogP contribution in [0.3, 0.4) is 0 Å². The molecule has 0 saturated carbocycles. The van der Waals surface area contributed by atoms with E-state index in [1.807, 2.05) is 0 Å². The van der Waals surface area contributed by atoms with Gasteiger partial charge in [-0.05, 0) is 34.1 Å². The summed E-state index contributed by atoms with van der Waals surface area (Å²) in [4.78, 5) is 80.4. The lowest BCUT2D eigenvalue weighted by Gasteiger charge is -2.33. The second kappa shape index (κ2) is 14.0. The molecular weight excluding hydrogens is 476 g/mol. The number of carboxylic acids is 1. The molecule has 0 radical (unpaired) electrons. The average Bonchev–Trinajstić information content (AvgIpc) is 2.74. The normalized spacial score (nSPS) is 17.9. The van der Waals surface area contributed by atoms with Gasteiger partial charge in [-0.1, -0.05) is 0 Å². The molecule has 1 saturated heterocycles. The van der Waals surface area contributed by atoms with Gasteiger partial charge in [0.25, 0.3) is 5.91 Å². The number of carbonyl (C=O) groups is 6. The molecule has 0 bridgehead atoms. The number of nitrogens with two attached hydrogens (primary N) is 1. The van der Waals surface area contributed by atoms with Crippen LogP contribution >= 0.6 is 0 Å². The standard InChI is InChI=1S/C21H36N8O7/c1-14(22)23-6-5-7-27-10-15(30)24-8-17(32)28(13-20(35)36)11-16(31)25-9-18(33)29(12-19(27)34)26-21(2,3)4/h26H,5-13H2,1-4H3,(H2,22,23)(H,24,30)(H,25,31)(H,35,36). The van der Waals surface area contributed by atoms with Crippen LogP contribution in [-0.2, 0) is 28.8 Å². The minimum absolute atomic E-state index is 0.121. The molecule has 15 heteroatoms. The Hall–Kier alpha value is -3.75. The van der Waals surface area contributed by atoms with Crippen molar-refractivity contribution >= 4 is 41.3 Å². The maximum Gasteiger partial charge on any atom is 0.323 e. The highest BCUT2D eigenvalue weighted by Gasteiger charge is 2.28. The van der Waals surface area contributed by atoms with Crippen LogP contribution in [0.1, 0.15) is 34.1 Å². The molecule has 0 atom stereocenters. The zero-order valence-electron chi connectivity index (χ0n) is 21.1. The zero-order valence-corrected chi connectivity index (χ0v) is 21.1. The predicted molar refractivity (Wildman–Crippen MR) is 128 cm³/mol. The number of hydrogen-bond acceptors (Lipinski definition) is 8. The third-order valence-electron chi connectivity index (χ3n) is 4.59. The van der Waals surface area contributed by atoms with Crippen molar-refractivity contribution in [3.05, 3.63) is 0 Å². The van der Waals surface area contributed by atoms with Crippen molar-refractivity contribution in [3.8, 4) is 0 Å². The second-order valence-corrected chi connectivity index (χ2v) is 9.23. The summed E-state index contributed by atoms with van der Waals surface area (Å²) in [6.07, 6.45) is 0.385. The highest BCUT2D eigenvalue weighted by atomic mass is 16.4. The van der Waals surface area contributed by atoms with Crippen molar-refractivity contribution in [2.24, 2.45) is 10.7 Å². The number of aliphatic imine (C=N–C) groups is 1. The van der Waals surface area contributed by atoms with E-state index in [4.69, 9.17) is 10.8 Å². The number of amides is 5. The zero-order chi connectivity index (χ0) is 27.5. The topological polar surface area (TPSA) is 207 Å². The van der Waals surface area contributed by atoms with Gasteiger partial charge in [0.05, 0.1) is 25.5 Å². The van der Waals surface area contributed by atoms with Gasteiger partial charge in [0.2, 0.25) is 23.6 Å². The minimum atomic E-state index is -1.36. The van der Waals surface area contributed by atoms with Gasteiger partial charge in [0, 0.05) is 18.6 Å². The van der Waals surface area contributed by atoms with Gasteiger partial charge in [-0.25, -0.2) is 5.43 Å². The first-order valence-electron chi connectivity index (χ1n) is 11.3. The number of nitrogens with one attached hydrogen (secondary N) is 3. The van der Waals surface area contributed by atoms with Gasteiger partial charge >= 0.3 is 5.97 Å². The van der Waals surface area contributed by atoms with Gasteiger partial charge in [-0.15, -0.1) is 0 Å². The first kappa shape index (κ1) is 30.3. The quantitative estimate of drug-likeness (QED) is 0.133. The third kappa shape index (κ3) is 12.1. The number of amidine groups is 1. The fourth-order valence-electron chi connectivity index (χ4n) is 3.05. The first-order chi connectivity index (χ1) is 16.7. The molecule has 1 aliphatic heterocycles. The molecule has 1 fully saturated rings. The fourth-order valence-corrected chi connectivity index (χ4v) is 3.05. The molecule has 6 N–H and O–H groups in total. The van der Waals surface area contributed by atoms with E-state index in [2.05, 4.69) is 21.1 Å². The second-order valence-electron chi connectivity index (χ2n) is 9.23. The summed E-state index contributed by atoms with van der Waals surface area (Å²) in [5.41, 5.74) is 7.81. The maximum absolute atomic E-state index is 13.1. The molecule has 0 aromatic rings. The molecule has 0 aliphatic carbocycles. The summed E-state index contributed by atoms with van der Waals surface area (Å²) in [5.74, 6) is -4.46. The van der Waals surface area contributed by atoms with E-state index < -0.39 is 80.3 Å². The lowest BCUT2D eigenvalue weighted by molar-refractivity contribution is -0.146. The van der Waals surface area contributed by atoms with Gasteiger partial charge < -0.3 is 31.3 Å². The smallest absolute Gasteiger partial charge is 0.323 e. The van der Waals surface area contributed by atoms with Crippen molar-refractivity contribution in [3.63, 3.8) is 0 Å². The molecule has 1 rings (SSSR count). The summed E-state index contributed by atoms with van der Waals surface area (Å²) in [7, 11) is 0. The number of aliphatic carboxylic acids is 1. The van der Waals surface area contributed by atoms with Crippen molar-refractivity contribution in [1.29, 1.82) is 0 Å². The highest BCUT2D eigenvalue weighted by Crippen LogP contribution is 2.04. The Kier molecular flexibility index (Phi) is 11.7. The fraction of sp³-hybridized carbons (Fsp3) is 0.667. The van der Waals surface area contributed by atoms with Gasteiger partial charge in [-0.2, -0.15) is 0 Å². The number of rotatable bonds is 7. The van der Waals surface area contributed by atoms with E-state index in [-0.39, 0.29) is 6.54 Å². The van der Waals surface area contributed by atoms with E-state index in [0.717, 1.165) is 9.91 Å². The molecule has 202 valence electrons. The van der Waals surface area contributed by atoms with Crippen LogP contribution in [0, 0.1) is 0 Å². The Balaban J connectivity index is 3.20. The molecule has 0 aromatic carbocycles. The van der Waals surface area contributed by atoms with Gasteiger partial charge in [0.1, 0.15) is 19.6 Å². The average molecular weight is 513 g/mol. The predicted octanol–water partition coefficient (Wildman–Crippen LogP) is -3.13. The Morgan fingerprint density at radius 1 is 0.972 bits per heavy atom. The Morgan fingerprint density at radius 3 is 2.06 bits per heavy atom. The summed E-state index contributed by atoms with van der Waals surface area (Å²) in [6, 6.07) is 0. The van der Waals surface area contributed by atoms with Crippen molar-refractivity contribution in [1.82, 2.24) is 30.9 Å². The van der Waals surface area contributed by atoms with Crippen LogP contribution in [0.5, 0.6) is 0 Å². The van der Waals surface area contributed by atoms with Crippen LogP contribution in [0.15, 0.2) is 4.99 Å². The SMILES string of the molecule is CC(N)=NCCCN1CC(=O)NCC(=O)N(CC(=O)O)CC(=O)NCC(=O)N(NC(C)(C)C)CC1=O. The molecule has 15 nitrogen and oxygen atoms in total. The van der Waals surface area contributed by atoms with Crippen LogP contribution in [0.2, 0.25) is 0 Å². The molecule has 5 amide bonds. The minimum Gasteiger partial charge on any atom is -0.480 e. The third-order valence-corrected chi connectivity index (χ3v) is 4.59. The summed E-state index contributed by atoms with van der Waals surface area (Å²) in [6.45, 7) is 4.03. The number of nitrogens with zero attached hydrogens (tertiary/aromatic N) is 4. The number of carbonyl (C=O) groups excluding carboxylic acids is 5. The summed E-state index contributed by atoms with van der Waals surface area (Å²) >= 11 is 0. The lowest BCUT2D eigenvalue weighted by atomic mass is 10.1. The molecule has 1 heterocycles. The van der Waals surface area contributed by atoms with Gasteiger partial charge in [0.15, 0.2) is 0 Å². The van der Waals surface area contributed by atoms with Crippen molar-refractivity contribution < 1.29 is 33.9 Å². The van der Waals surface area contributed by atoms with E-state index in [1.165, 1.54) is 4.90 Å². The van der Waals surface area contributed by atoms with Gasteiger partial charge in [-0.3, -0.25) is 38.8 Å². The lowest BCUT2D eigenvalue weighted by Crippen LogP contribution is -2.58. The molecule has 0 aromatic heterocycles. The molecule has 36 heavy (non-hydrogen) atoms. The summed E-state index contributed by atoms with van der Waals surface area (Å²) in [5, 5.41) is 14.8. The van der Waals surface area contributed by atoms with Crippen molar-refractivity contribution in [2.45, 2.75) is 39.7 Å². The monoisotopic (exact) mass is 512 g/mol. The van der Waals surface area contributed by atoms with Crippen LogP contribution in [0.25, 0.3) is 0 Å². The Bertz CT molecular complexity index is 880. The maximum atomic E-state index is 13.1. The Morgan fingerprint density at radius 2 is 1.53 bits per heavy atom. The largest absolute Gasteiger partial charge is 0.480 e. The van der Waals surface area contributed by atoms with Crippen molar-refractivity contribution in [2.75, 3.05) is 52.4 Å². The Labute approximate surface area is 209 Å². The molecule has 0 spiro atoms. The molecule has 1 aliphatic rings. The van der Waals surface area contributed by atoms with E-state index >= 15 is 0 Å². The first-order valence-corrected chi connectivity index (χ1v) is 11.3. The number of hydrogen-bond donors (Lipinski definition) is 5. The number of carboxylic acid groups (broad SMARTS) is 1. The van der Waals surface area contributed by atoms with Crippen LogP contribution in [-0.4, -0.2) is 119 Å². The summed E-state index contributed by atoms with van der Waals surface area (Å²) < 4.78 is 0. The van der Waals surface area contributed by atoms with Crippen LogP contribution < -0.4 is 21.8 Å². The number of hydrazine groups is 1. The van der Waals surface area contributed by atoms with E-state index in [0.29, 0.717) is 18.8 Å². The van der Waals surface area contributed by atoms with E-state index in [9.17, 15) is 28.8 Å². The van der Waals surface area contributed by atoms with Crippen LogP contribution in [0.4, 0.5) is 0 Å². The highest BCUT2D eigenvalue weighted by molar-refractivity contribution is 5.94.